The number of benzene rings is 2. The van der Waals surface area contributed by atoms with Crippen molar-refractivity contribution >= 4 is 23.5 Å². The van der Waals surface area contributed by atoms with Crippen LogP contribution in [-0.4, -0.2) is 55.0 Å². The van der Waals surface area contributed by atoms with E-state index in [1.54, 1.807) is 6.07 Å². The summed E-state index contributed by atoms with van der Waals surface area (Å²) in [6.45, 7) is 2.41. The number of methoxy groups -OCH3 is 1. The molecule has 29 heavy (non-hydrogen) atoms. The third kappa shape index (κ3) is 5.58. The van der Waals surface area contributed by atoms with Crippen LogP contribution in [0.15, 0.2) is 54.6 Å². The van der Waals surface area contributed by atoms with E-state index < -0.39 is 6.04 Å². The molecule has 0 aliphatic carbocycles. The molecule has 1 aliphatic rings. The maximum Gasteiger partial charge on any atom is 0.327 e. The number of esters is 1. The highest BCUT2D eigenvalue weighted by Crippen LogP contribution is 2.29. The average molecular weight is 415 g/mol. The number of nitrogens with zero attached hydrogens (tertiary/aromatic N) is 2. The highest BCUT2D eigenvalue weighted by atomic mass is 35.5. The molecule has 0 saturated carbocycles. The van der Waals surface area contributed by atoms with Gasteiger partial charge in [-0.15, -0.1) is 0 Å². The molecule has 3 rings (SSSR count). The molecule has 1 heterocycles. The minimum atomic E-state index is -0.552. The van der Waals surface area contributed by atoms with Gasteiger partial charge in [0.05, 0.1) is 7.11 Å². The molecule has 0 radical (unpaired) electrons. The summed E-state index contributed by atoms with van der Waals surface area (Å²) in [5, 5.41) is 0.544. The zero-order valence-corrected chi connectivity index (χ0v) is 17.5. The Bertz CT molecular complexity index is 820. The van der Waals surface area contributed by atoms with E-state index in [1.165, 1.54) is 12.7 Å². The number of aryl methyl sites for hydroxylation is 1. The van der Waals surface area contributed by atoms with E-state index in [4.69, 9.17) is 16.3 Å². The Morgan fingerprint density at radius 3 is 2.31 bits per heavy atom. The quantitative estimate of drug-likeness (QED) is 0.648. The van der Waals surface area contributed by atoms with Crippen molar-refractivity contribution < 1.29 is 14.3 Å². The molecule has 5 nitrogen and oxygen atoms in total. The molecule has 1 amide bonds. The molecule has 1 atom stereocenters. The van der Waals surface area contributed by atoms with Crippen LogP contribution in [-0.2, 0) is 20.7 Å². The van der Waals surface area contributed by atoms with Crippen molar-refractivity contribution in [2.45, 2.75) is 25.3 Å². The molecule has 1 fully saturated rings. The summed E-state index contributed by atoms with van der Waals surface area (Å²) in [4.78, 5) is 29.0. The van der Waals surface area contributed by atoms with Gasteiger partial charge < -0.3 is 9.64 Å². The first-order valence-corrected chi connectivity index (χ1v) is 10.4. The topological polar surface area (TPSA) is 49.9 Å². The van der Waals surface area contributed by atoms with Gasteiger partial charge in [-0.3, -0.25) is 9.69 Å². The lowest BCUT2D eigenvalue weighted by Crippen LogP contribution is -2.51. The number of amides is 1. The Labute approximate surface area is 177 Å². The molecule has 2 aromatic rings. The Morgan fingerprint density at radius 1 is 1.00 bits per heavy atom. The van der Waals surface area contributed by atoms with Gasteiger partial charge in [-0.25, -0.2) is 4.79 Å². The molecule has 2 aromatic carbocycles. The molecule has 154 valence electrons. The molecule has 0 spiro atoms. The lowest BCUT2D eigenvalue weighted by atomic mass is 10.0. The Balaban J connectivity index is 1.54. The van der Waals surface area contributed by atoms with E-state index in [0.29, 0.717) is 37.6 Å². The van der Waals surface area contributed by atoms with Crippen molar-refractivity contribution in [2.75, 3.05) is 33.3 Å². The maximum absolute atomic E-state index is 12.6. The molecule has 1 unspecified atom stereocenters. The van der Waals surface area contributed by atoms with Gasteiger partial charge >= 0.3 is 5.97 Å². The predicted octanol–water partition coefficient (Wildman–Crippen LogP) is 3.72. The van der Waals surface area contributed by atoms with Gasteiger partial charge in [0.1, 0.15) is 6.04 Å². The highest BCUT2D eigenvalue weighted by molar-refractivity contribution is 6.31. The van der Waals surface area contributed by atoms with Crippen LogP contribution in [0.3, 0.4) is 0 Å². The summed E-state index contributed by atoms with van der Waals surface area (Å²) >= 11 is 6.33. The lowest BCUT2D eigenvalue weighted by Gasteiger charge is -2.38. The first kappa shape index (κ1) is 21.3. The molecule has 1 aliphatic heterocycles. The van der Waals surface area contributed by atoms with Crippen LogP contribution < -0.4 is 0 Å². The summed E-state index contributed by atoms with van der Waals surface area (Å²) in [6.07, 6.45) is 2.29. The van der Waals surface area contributed by atoms with E-state index in [9.17, 15) is 9.59 Å². The van der Waals surface area contributed by atoms with Gasteiger partial charge in [0.2, 0.25) is 5.91 Å². The summed E-state index contributed by atoms with van der Waals surface area (Å²) in [5.41, 5.74) is 1.99. The number of hydrogen-bond donors (Lipinski definition) is 0. The molecule has 0 N–H and O–H groups in total. The fraction of sp³-hybridized carbons (Fsp3) is 0.391. The van der Waals surface area contributed by atoms with Crippen LogP contribution in [0.25, 0.3) is 0 Å². The molecule has 1 saturated heterocycles. The smallest absolute Gasteiger partial charge is 0.327 e. The number of ether oxygens (including phenoxy) is 1. The number of halogens is 1. The second-order valence-electron chi connectivity index (χ2n) is 7.20. The minimum Gasteiger partial charge on any atom is -0.468 e. The van der Waals surface area contributed by atoms with E-state index >= 15 is 0 Å². The summed E-state index contributed by atoms with van der Waals surface area (Å²) in [5.74, 6) is -0.159. The normalized spacial score (nSPS) is 15.7. The maximum atomic E-state index is 12.6. The minimum absolute atomic E-state index is 0.174. The highest BCUT2D eigenvalue weighted by Gasteiger charge is 2.33. The summed E-state index contributed by atoms with van der Waals surface area (Å²) < 4.78 is 5.02. The van der Waals surface area contributed by atoms with Gasteiger partial charge in [-0.05, 0) is 30.0 Å². The van der Waals surface area contributed by atoms with Crippen molar-refractivity contribution in [3.8, 4) is 0 Å². The second-order valence-corrected chi connectivity index (χ2v) is 7.61. The van der Waals surface area contributed by atoms with Crippen molar-refractivity contribution in [3.05, 3.63) is 70.7 Å². The lowest BCUT2D eigenvalue weighted by molar-refractivity contribution is -0.148. The fourth-order valence-corrected chi connectivity index (χ4v) is 4.00. The SMILES string of the molecule is COC(=O)C(c1ccccc1Cl)N1CCN(C(=O)CCCc2ccccc2)CC1. The van der Waals surface area contributed by atoms with Gasteiger partial charge in [-0.2, -0.15) is 0 Å². The Kier molecular flexibility index (Phi) is 7.67. The van der Waals surface area contributed by atoms with Crippen LogP contribution in [0.2, 0.25) is 5.02 Å². The van der Waals surface area contributed by atoms with Crippen molar-refractivity contribution in [3.63, 3.8) is 0 Å². The van der Waals surface area contributed by atoms with E-state index in [-0.39, 0.29) is 11.9 Å². The summed E-state index contributed by atoms with van der Waals surface area (Å²) in [7, 11) is 1.39. The fourth-order valence-electron chi connectivity index (χ4n) is 3.76. The molecular weight excluding hydrogens is 388 g/mol. The van der Waals surface area contributed by atoms with E-state index in [0.717, 1.165) is 18.4 Å². The Morgan fingerprint density at radius 2 is 1.66 bits per heavy atom. The monoisotopic (exact) mass is 414 g/mol. The van der Waals surface area contributed by atoms with Crippen LogP contribution >= 0.6 is 11.6 Å². The number of carbonyl (C=O) groups is 2. The standard InChI is InChI=1S/C23H27ClN2O3/c1-29-23(28)22(19-11-5-6-12-20(19)24)26-16-14-25(15-17-26)21(27)13-7-10-18-8-3-2-4-9-18/h2-6,8-9,11-12,22H,7,10,13-17H2,1H3. The van der Waals surface area contributed by atoms with Crippen molar-refractivity contribution in [2.24, 2.45) is 0 Å². The van der Waals surface area contributed by atoms with Crippen molar-refractivity contribution in [1.82, 2.24) is 9.80 Å². The number of carbonyl (C=O) groups excluding carboxylic acids is 2. The van der Waals surface area contributed by atoms with E-state index in [1.807, 2.05) is 46.2 Å². The van der Waals surface area contributed by atoms with Gasteiger partial charge in [-0.1, -0.05) is 60.1 Å². The van der Waals surface area contributed by atoms with Crippen molar-refractivity contribution in [1.29, 1.82) is 0 Å². The zero-order valence-electron chi connectivity index (χ0n) is 16.7. The van der Waals surface area contributed by atoms with Crippen LogP contribution in [0.4, 0.5) is 0 Å². The van der Waals surface area contributed by atoms with E-state index in [2.05, 4.69) is 12.1 Å². The van der Waals surface area contributed by atoms with Gasteiger partial charge in [0, 0.05) is 37.6 Å². The Hall–Kier alpha value is -2.37. The average Bonchev–Trinajstić information content (AvgIpc) is 2.76. The van der Waals surface area contributed by atoms with Gasteiger partial charge in [0.25, 0.3) is 0 Å². The second kappa shape index (κ2) is 10.4. The van der Waals surface area contributed by atoms with Crippen LogP contribution in [0.5, 0.6) is 0 Å². The molecule has 0 aromatic heterocycles. The summed E-state index contributed by atoms with van der Waals surface area (Å²) in [6, 6.07) is 17.0. The largest absolute Gasteiger partial charge is 0.468 e. The predicted molar refractivity (Wildman–Crippen MR) is 114 cm³/mol. The number of piperazine rings is 1. The van der Waals surface area contributed by atoms with Crippen LogP contribution in [0, 0.1) is 0 Å². The first-order chi connectivity index (χ1) is 14.1. The number of rotatable bonds is 7. The van der Waals surface area contributed by atoms with Crippen LogP contribution in [0.1, 0.15) is 30.0 Å². The molecule has 6 heteroatoms. The zero-order chi connectivity index (χ0) is 20.6. The first-order valence-electron chi connectivity index (χ1n) is 9.98. The molecule has 0 bridgehead atoms. The molecular formula is C23H27ClN2O3. The third-order valence-electron chi connectivity index (χ3n) is 5.36. The third-order valence-corrected chi connectivity index (χ3v) is 5.70. The van der Waals surface area contributed by atoms with Gasteiger partial charge in [0.15, 0.2) is 0 Å². The number of hydrogen-bond acceptors (Lipinski definition) is 4.